The predicted molar refractivity (Wildman–Crippen MR) is 149 cm³/mol. The van der Waals surface area contributed by atoms with Crippen molar-refractivity contribution in [2.75, 3.05) is 6.61 Å². The van der Waals surface area contributed by atoms with E-state index in [1.165, 1.54) is 11.0 Å². The minimum Gasteiger partial charge on any atom is -0.484 e. The van der Waals surface area contributed by atoms with Gasteiger partial charge in [-0.15, -0.1) is 0 Å². The van der Waals surface area contributed by atoms with E-state index in [1.54, 1.807) is 18.2 Å². The van der Waals surface area contributed by atoms with Crippen molar-refractivity contribution < 1.29 is 18.7 Å². The molecule has 0 aromatic heterocycles. The average molecular weight is 519 g/mol. The Morgan fingerprint density at radius 2 is 1.47 bits per heavy atom. The largest absolute Gasteiger partial charge is 0.484 e. The Labute approximate surface area is 226 Å². The number of ether oxygens (including phenoxy) is 1. The lowest BCUT2D eigenvalue weighted by molar-refractivity contribution is -0.143. The predicted octanol–water partition coefficient (Wildman–Crippen LogP) is 6.06. The molecule has 38 heavy (non-hydrogen) atoms. The summed E-state index contributed by atoms with van der Waals surface area (Å²) in [6.45, 7) is 11.7. The van der Waals surface area contributed by atoms with E-state index in [9.17, 15) is 14.0 Å². The van der Waals surface area contributed by atoms with Gasteiger partial charge in [-0.3, -0.25) is 9.59 Å². The highest BCUT2D eigenvalue weighted by molar-refractivity contribution is 5.89. The van der Waals surface area contributed by atoms with E-state index in [1.807, 2.05) is 75.4 Å². The smallest absolute Gasteiger partial charge is 0.261 e. The number of nitrogens with one attached hydrogen (secondary N) is 1. The van der Waals surface area contributed by atoms with Crippen LogP contribution in [-0.2, 0) is 28.0 Å². The van der Waals surface area contributed by atoms with Crippen molar-refractivity contribution in [1.29, 1.82) is 0 Å². The lowest BCUT2D eigenvalue weighted by Gasteiger charge is -2.33. The molecule has 1 atom stereocenters. The standard InChI is InChI=1S/C32H39FN2O3/c1-31(2,3)25-16-18-26(19-17-25)38-22-29(36)35(21-24-14-10-11-15-27(24)33)28(30(37)34-32(4,5)6)20-23-12-8-7-9-13-23/h7-19,28H,20-22H2,1-6H3,(H,34,37)/t28-/m0/s1. The van der Waals surface area contributed by atoms with Crippen LogP contribution >= 0.6 is 0 Å². The normalized spacial score (nSPS) is 12.5. The first-order chi connectivity index (χ1) is 17.8. The van der Waals surface area contributed by atoms with Gasteiger partial charge in [0.25, 0.3) is 5.91 Å². The van der Waals surface area contributed by atoms with Crippen molar-refractivity contribution in [1.82, 2.24) is 10.2 Å². The second-order valence-corrected chi connectivity index (χ2v) is 11.6. The molecular formula is C32H39FN2O3. The van der Waals surface area contributed by atoms with Crippen LogP contribution in [0.3, 0.4) is 0 Å². The van der Waals surface area contributed by atoms with Gasteiger partial charge in [-0.05, 0) is 55.5 Å². The van der Waals surface area contributed by atoms with E-state index < -0.39 is 23.3 Å². The minimum atomic E-state index is -0.865. The molecule has 6 heteroatoms. The molecule has 1 N–H and O–H groups in total. The topological polar surface area (TPSA) is 58.6 Å². The number of benzene rings is 3. The van der Waals surface area contributed by atoms with E-state index >= 15 is 0 Å². The first-order valence-electron chi connectivity index (χ1n) is 13.0. The lowest BCUT2D eigenvalue weighted by atomic mass is 9.87. The fraction of sp³-hybridized carbons (Fsp3) is 0.375. The Morgan fingerprint density at radius 1 is 0.868 bits per heavy atom. The molecule has 3 aromatic rings. The van der Waals surface area contributed by atoms with Gasteiger partial charge < -0.3 is 15.0 Å². The van der Waals surface area contributed by atoms with Crippen molar-refractivity contribution >= 4 is 11.8 Å². The molecule has 3 rings (SSSR count). The molecule has 0 fully saturated rings. The quantitative estimate of drug-likeness (QED) is 0.375. The van der Waals surface area contributed by atoms with Gasteiger partial charge in [0.15, 0.2) is 6.61 Å². The molecular weight excluding hydrogens is 479 g/mol. The van der Waals surface area contributed by atoms with Gasteiger partial charge in [-0.25, -0.2) is 4.39 Å². The lowest BCUT2D eigenvalue weighted by Crippen LogP contribution is -2.55. The Morgan fingerprint density at radius 3 is 2.05 bits per heavy atom. The molecule has 0 radical (unpaired) electrons. The van der Waals surface area contributed by atoms with Gasteiger partial charge >= 0.3 is 0 Å². The number of carbonyl (C=O) groups is 2. The van der Waals surface area contributed by atoms with Crippen LogP contribution < -0.4 is 10.1 Å². The Hall–Kier alpha value is -3.67. The maximum atomic E-state index is 14.7. The van der Waals surface area contributed by atoms with Gasteiger partial charge in [-0.2, -0.15) is 0 Å². The summed E-state index contributed by atoms with van der Waals surface area (Å²) in [6, 6.07) is 22.6. The zero-order valence-corrected chi connectivity index (χ0v) is 23.3. The summed E-state index contributed by atoms with van der Waals surface area (Å²) < 4.78 is 20.5. The maximum absolute atomic E-state index is 14.7. The molecule has 202 valence electrons. The van der Waals surface area contributed by atoms with Gasteiger partial charge in [0.2, 0.25) is 5.91 Å². The summed E-state index contributed by atoms with van der Waals surface area (Å²) in [7, 11) is 0. The molecule has 0 aliphatic heterocycles. The fourth-order valence-electron chi connectivity index (χ4n) is 4.10. The highest BCUT2D eigenvalue weighted by Gasteiger charge is 2.33. The van der Waals surface area contributed by atoms with Crippen molar-refractivity contribution in [3.8, 4) is 5.75 Å². The summed E-state index contributed by atoms with van der Waals surface area (Å²) in [5.74, 6) is -0.590. The van der Waals surface area contributed by atoms with Crippen LogP contribution in [0, 0.1) is 5.82 Å². The van der Waals surface area contributed by atoms with Crippen LogP contribution in [0.4, 0.5) is 4.39 Å². The van der Waals surface area contributed by atoms with E-state index in [4.69, 9.17) is 4.74 Å². The minimum absolute atomic E-state index is 0.00399. The molecule has 3 aromatic carbocycles. The third-order valence-corrected chi connectivity index (χ3v) is 6.15. The summed E-state index contributed by atoms with van der Waals surface area (Å²) in [5, 5.41) is 3.00. The third-order valence-electron chi connectivity index (χ3n) is 6.15. The second-order valence-electron chi connectivity index (χ2n) is 11.6. The summed E-state index contributed by atoms with van der Waals surface area (Å²) >= 11 is 0. The van der Waals surface area contributed by atoms with Crippen molar-refractivity contribution in [3.63, 3.8) is 0 Å². The fourth-order valence-corrected chi connectivity index (χ4v) is 4.10. The maximum Gasteiger partial charge on any atom is 0.261 e. The Balaban J connectivity index is 1.91. The average Bonchev–Trinajstić information content (AvgIpc) is 2.85. The molecule has 0 aliphatic carbocycles. The van der Waals surface area contributed by atoms with Crippen molar-refractivity contribution in [3.05, 3.63) is 101 Å². The van der Waals surface area contributed by atoms with E-state index in [0.29, 0.717) is 11.3 Å². The Bertz CT molecular complexity index is 1210. The zero-order chi connectivity index (χ0) is 27.9. The molecule has 0 heterocycles. The van der Waals surface area contributed by atoms with E-state index in [2.05, 4.69) is 26.1 Å². The van der Waals surface area contributed by atoms with Crippen LogP contribution in [0.15, 0.2) is 78.9 Å². The molecule has 0 saturated heterocycles. The van der Waals surface area contributed by atoms with Gasteiger partial charge in [0, 0.05) is 24.1 Å². The van der Waals surface area contributed by atoms with Crippen molar-refractivity contribution in [2.24, 2.45) is 0 Å². The SMILES string of the molecule is CC(C)(C)NC(=O)[C@H](Cc1ccccc1)N(Cc1ccccc1F)C(=O)COc1ccc(C(C)(C)C)cc1. The number of carbonyl (C=O) groups excluding carboxylic acids is 2. The zero-order valence-electron chi connectivity index (χ0n) is 23.3. The van der Waals surface area contributed by atoms with Crippen LogP contribution in [0.1, 0.15) is 58.2 Å². The first-order valence-corrected chi connectivity index (χ1v) is 13.0. The van der Waals surface area contributed by atoms with E-state index in [-0.39, 0.29) is 30.9 Å². The first kappa shape index (κ1) is 28.9. The molecule has 0 spiro atoms. The number of nitrogens with zero attached hydrogens (tertiary/aromatic N) is 1. The highest BCUT2D eigenvalue weighted by Crippen LogP contribution is 2.24. The number of hydrogen-bond acceptors (Lipinski definition) is 3. The van der Waals surface area contributed by atoms with Gasteiger partial charge in [0.1, 0.15) is 17.6 Å². The number of rotatable bonds is 9. The third kappa shape index (κ3) is 8.44. The Kier molecular flexibility index (Phi) is 9.31. The summed E-state index contributed by atoms with van der Waals surface area (Å²) in [5.41, 5.74) is 1.86. The van der Waals surface area contributed by atoms with Crippen LogP contribution in [0.25, 0.3) is 0 Å². The molecule has 0 aliphatic rings. The van der Waals surface area contributed by atoms with Gasteiger partial charge in [0.05, 0.1) is 0 Å². The molecule has 0 saturated carbocycles. The van der Waals surface area contributed by atoms with E-state index in [0.717, 1.165) is 11.1 Å². The second kappa shape index (κ2) is 12.2. The molecule has 0 bridgehead atoms. The highest BCUT2D eigenvalue weighted by atomic mass is 19.1. The number of halogens is 1. The van der Waals surface area contributed by atoms with Gasteiger partial charge in [-0.1, -0.05) is 81.4 Å². The number of amides is 2. The molecule has 0 unspecified atom stereocenters. The molecule has 2 amide bonds. The van der Waals surface area contributed by atoms with Crippen molar-refractivity contribution in [2.45, 2.75) is 71.5 Å². The summed E-state index contributed by atoms with van der Waals surface area (Å²) in [6.07, 6.45) is 0.281. The van der Waals surface area contributed by atoms with Crippen LogP contribution in [0.2, 0.25) is 0 Å². The van der Waals surface area contributed by atoms with Crippen LogP contribution in [0.5, 0.6) is 5.75 Å². The molecule has 5 nitrogen and oxygen atoms in total. The monoisotopic (exact) mass is 518 g/mol. The number of hydrogen-bond donors (Lipinski definition) is 1. The van der Waals surface area contributed by atoms with Crippen LogP contribution in [-0.4, -0.2) is 34.9 Å². The summed E-state index contributed by atoms with van der Waals surface area (Å²) in [4.78, 5) is 28.6.